The Morgan fingerprint density at radius 2 is 1.79 bits per heavy atom. The van der Waals surface area contributed by atoms with Crippen molar-refractivity contribution in [3.63, 3.8) is 0 Å². The number of hydrogen-bond donors (Lipinski definition) is 0. The van der Waals surface area contributed by atoms with Gasteiger partial charge in [-0.1, -0.05) is 24.6 Å². The molecule has 2 nitrogen and oxygen atoms in total. The summed E-state index contributed by atoms with van der Waals surface area (Å²) in [5, 5.41) is 0. The van der Waals surface area contributed by atoms with Gasteiger partial charge in [-0.25, -0.2) is 0 Å². The van der Waals surface area contributed by atoms with E-state index in [-0.39, 0.29) is 5.54 Å². The van der Waals surface area contributed by atoms with Gasteiger partial charge < -0.3 is 4.90 Å². The van der Waals surface area contributed by atoms with Crippen LogP contribution in [0.2, 0.25) is 0 Å². The predicted octanol–water partition coefficient (Wildman–Crippen LogP) is 5.78. The van der Waals surface area contributed by atoms with Crippen LogP contribution >= 0.6 is 0 Å². The van der Waals surface area contributed by atoms with Crippen molar-refractivity contribution < 1.29 is 0 Å². The highest BCUT2D eigenvalue weighted by Crippen LogP contribution is 2.43. The maximum absolute atomic E-state index is 4.66. The topological polar surface area (TPSA) is 15.6 Å². The Kier molecular flexibility index (Phi) is 4.25. The average Bonchev–Trinajstić information content (AvgIpc) is 2.52. The van der Waals surface area contributed by atoms with Gasteiger partial charge >= 0.3 is 0 Å². The fourth-order valence-electron chi connectivity index (χ4n) is 3.65. The standard InChI is InChI=1S/C22H28N2/c1-15-7-9-19(10-8-15)23-14-18-12-20-17(3)13-22(4,5)24(6)21(20)11-16(18)2/h7-12,14,17H,13H2,1-6H3/t17-/m0/s1. The number of anilines is 1. The van der Waals surface area contributed by atoms with Crippen LogP contribution in [-0.2, 0) is 0 Å². The Morgan fingerprint density at radius 1 is 1.12 bits per heavy atom. The van der Waals surface area contributed by atoms with Gasteiger partial charge in [0.2, 0.25) is 0 Å². The molecule has 0 saturated carbocycles. The molecule has 0 radical (unpaired) electrons. The molecular weight excluding hydrogens is 292 g/mol. The number of fused-ring (bicyclic) bond motifs is 1. The fourth-order valence-corrected chi connectivity index (χ4v) is 3.65. The lowest BCUT2D eigenvalue weighted by atomic mass is 9.79. The third-order valence-corrected chi connectivity index (χ3v) is 5.41. The van der Waals surface area contributed by atoms with E-state index >= 15 is 0 Å². The zero-order chi connectivity index (χ0) is 17.5. The van der Waals surface area contributed by atoms with Gasteiger partial charge in [0.25, 0.3) is 0 Å². The third-order valence-electron chi connectivity index (χ3n) is 5.41. The van der Waals surface area contributed by atoms with Crippen molar-refractivity contribution >= 4 is 17.6 Å². The summed E-state index contributed by atoms with van der Waals surface area (Å²) in [6, 6.07) is 13.0. The SMILES string of the molecule is Cc1ccc(N=Cc2cc3c(cc2C)N(C)C(C)(C)C[C@@H]3C)cc1. The van der Waals surface area contributed by atoms with E-state index in [2.05, 4.69) is 88.0 Å². The summed E-state index contributed by atoms with van der Waals surface area (Å²) in [4.78, 5) is 7.09. The lowest BCUT2D eigenvalue weighted by Crippen LogP contribution is -2.45. The highest BCUT2D eigenvalue weighted by atomic mass is 15.2. The van der Waals surface area contributed by atoms with Crippen LogP contribution < -0.4 is 4.90 Å². The van der Waals surface area contributed by atoms with Crippen molar-refractivity contribution in [1.82, 2.24) is 0 Å². The number of benzene rings is 2. The van der Waals surface area contributed by atoms with Crippen molar-refractivity contribution in [2.45, 2.75) is 52.5 Å². The molecule has 1 atom stereocenters. The molecule has 0 aliphatic carbocycles. The molecule has 0 amide bonds. The van der Waals surface area contributed by atoms with E-state index in [0.717, 1.165) is 5.69 Å². The molecule has 2 aromatic rings. The first-order valence-electron chi connectivity index (χ1n) is 8.77. The van der Waals surface area contributed by atoms with Crippen LogP contribution in [0.25, 0.3) is 0 Å². The lowest BCUT2D eigenvalue weighted by Gasteiger charge is -2.45. The number of aryl methyl sites for hydroxylation is 2. The van der Waals surface area contributed by atoms with Gasteiger partial charge in [0.1, 0.15) is 0 Å². The molecule has 0 fully saturated rings. The van der Waals surface area contributed by atoms with Crippen molar-refractivity contribution in [3.8, 4) is 0 Å². The van der Waals surface area contributed by atoms with E-state index < -0.39 is 0 Å². The van der Waals surface area contributed by atoms with Gasteiger partial charge in [-0.3, -0.25) is 4.99 Å². The minimum atomic E-state index is 0.205. The smallest absolute Gasteiger partial charge is 0.0630 e. The van der Waals surface area contributed by atoms with Gasteiger partial charge in [-0.05, 0) is 81.0 Å². The molecule has 0 aromatic heterocycles. The minimum absolute atomic E-state index is 0.205. The van der Waals surface area contributed by atoms with Crippen LogP contribution in [0.1, 0.15) is 55.4 Å². The number of rotatable bonds is 2. The molecular formula is C22H28N2. The molecule has 1 aliphatic rings. The molecule has 0 bridgehead atoms. The first-order chi connectivity index (χ1) is 11.3. The molecule has 2 heteroatoms. The normalized spacial score (nSPS) is 19.6. The Labute approximate surface area is 146 Å². The zero-order valence-corrected chi connectivity index (χ0v) is 15.7. The molecule has 0 unspecified atom stereocenters. The second-order valence-corrected chi connectivity index (χ2v) is 7.84. The number of hydrogen-bond acceptors (Lipinski definition) is 2. The molecule has 0 N–H and O–H groups in total. The largest absolute Gasteiger partial charge is 0.369 e. The van der Waals surface area contributed by atoms with Gasteiger partial charge in [0.05, 0.1) is 5.69 Å². The van der Waals surface area contributed by atoms with E-state index in [1.54, 1.807) is 0 Å². The zero-order valence-electron chi connectivity index (χ0n) is 15.7. The van der Waals surface area contributed by atoms with Crippen LogP contribution in [0.5, 0.6) is 0 Å². The van der Waals surface area contributed by atoms with Crippen LogP contribution in [0.4, 0.5) is 11.4 Å². The minimum Gasteiger partial charge on any atom is -0.369 e. The Balaban J connectivity index is 1.97. The number of nitrogens with zero attached hydrogens (tertiary/aromatic N) is 2. The monoisotopic (exact) mass is 320 g/mol. The Morgan fingerprint density at radius 3 is 2.46 bits per heavy atom. The van der Waals surface area contributed by atoms with Gasteiger partial charge in [-0.15, -0.1) is 0 Å². The maximum Gasteiger partial charge on any atom is 0.0630 e. The first-order valence-corrected chi connectivity index (χ1v) is 8.77. The van der Waals surface area contributed by atoms with Crippen LogP contribution in [0.3, 0.4) is 0 Å². The Bertz CT molecular complexity index is 769. The molecule has 0 saturated heterocycles. The van der Waals surface area contributed by atoms with Crippen molar-refractivity contribution in [2.24, 2.45) is 4.99 Å². The lowest BCUT2D eigenvalue weighted by molar-refractivity contribution is 0.395. The number of aliphatic imine (C=N–C) groups is 1. The van der Waals surface area contributed by atoms with Gasteiger partial charge in [0.15, 0.2) is 0 Å². The van der Waals surface area contributed by atoms with E-state index in [9.17, 15) is 0 Å². The molecule has 0 spiro atoms. The van der Waals surface area contributed by atoms with E-state index in [0.29, 0.717) is 5.92 Å². The first kappa shape index (κ1) is 16.8. The van der Waals surface area contributed by atoms with E-state index in [1.807, 2.05) is 6.21 Å². The van der Waals surface area contributed by atoms with Crippen molar-refractivity contribution in [3.05, 3.63) is 58.7 Å². The predicted molar refractivity (Wildman–Crippen MR) is 105 cm³/mol. The highest BCUT2D eigenvalue weighted by molar-refractivity contribution is 5.86. The summed E-state index contributed by atoms with van der Waals surface area (Å²) in [5.41, 5.74) is 7.77. The summed E-state index contributed by atoms with van der Waals surface area (Å²) >= 11 is 0. The second kappa shape index (κ2) is 6.08. The highest BCUT2D eigenvalue weighted by Gasteiger charge is 2.34. The fraction of sp³-hybridized carbons (Fsp3) is 0.409. The van der Waals surface area contributed by atoms with Crippen molar-refractivity contribution in [1.29, 1.82) is 0 Å². The molecule has 1 aliphatic heterocycles. The summed E-state index contributed by atoms with van der Waals surface area (Å²) < 4.78 is 0. The van der Waals surface area contributed by atoms with Gasteiger partial charge in [0, 0.05) is 24.5 Å². The van der Waals surface area contributed by atoms with E-state index in [1.165, 1.54) is 34.4 Å². The third kappa shape index (κ3) is 3.10. The molecule has 126 valence electrons. The van der Waals surface area contributed by atoms with Crippen molar-refractivity contribution in [2.75, 3.05) is 11.9 Å². The molecule has 3 rings (SSSR count). The summed E-state index contributed by atoms with van der Waals surface area (Å²) in [5.74, 6) is 0.568. The maximum atomic E-state index is 4.66. The van der Waals surface area contributed by atoms with Gasteiger partial charge in [-0.2, -0.15) is 0 Å². The van der Waals surface area contributed by atoms with Crippen LogP contribution in [0.15, 0.2) is 41.4 Å². The second-order valence-electron chi connectivity index (χ2n) is 7.84. The van der Waals surface area contributed by atoms with E-state index in [4.69, 9.17) is 0 Å². The summed E-state index contributed by atoms with van der Waals surface area (Å²) in [6.45, 7) is 11.3. The molecule has 24 heavy (non-hydrogen) atoms. The van der Waals surface area contributed by atoms with Crippen LogP contribution in [-0.4, -0.2) is 18.8 Å². The molecule has 2 aromatic carbocycles. The molecule has 1 heterocycles. The summed E-state index contributed by atoms with van der Waals surface area (Å²) in [7, 11) is 2.21. The average molecular weight is 320 g/mol. The quantitative estimate of drug-likeness (QED) is 0.641. The summed E-state index contributed by atoms with van der Waals surface area (Å²) in [6.07, 6.45) is 3.18. The van der Waals surface area contributed by atoms with Crippen LogP contribution in [0, 0.1) is 13.8 Å². The Hall–Kier alpha value is -2.09.